The second-order valence-electron chi connectivity index (χ2n) is 6.05. The monoisotopic (exact) mass is 308 g/mol. The minimum Gasteiger partial charge on any atom is -0.399 e. The predicted molar refractivity (Wildman–Crippen MR) is 96.3 cm³/mol. The third-order valence-electron chi connectivity index (χ3n) is 4.10. The van der Waals surface area contributed by atoms with Gasteiger partial charge in [0.15, 0.2) is 0 Å². The van der Waals surface area contributed by atoms with Crippen LogP contribution in [0, 0.1) is 0 Å². The topological polar surface area (TPSA) is 46.6 Å². The second-order valence-corrected chi connectivity index (χ2v) is 6.05. The molecule has 3 rings (SSSR count). The highest BCUT2D eigenvalue weighted by Crippen LogP contribution is 2.26. The molecule has 120 valence electrons. The zero-order valence-electron chi connectivity index (χ0n) is 13.9. The van der Waals surface area contributed by atoms with Gasteiger partial charge >= 0.3 is 0 Å². The van der Waals surface area contributed by atoms with Crippen LogP contribution in [0.3, 0.4) is 0 Å². The van der Waals surface area contributed by atoms with Gasteiger partial charge in [-0.05, 0) is 44.3 Å². The van der Waals surface area contributed by atoms with Gasteiger partial charge in [0, 0.05) is 24.0 Å². The molecule has 0 aliphatic rings. The largest absolute Gasteiger partial charge is 0.399 e. The molecule has 2 heterocycles. The van der Waals surface area contributed by atoms with E-state index in [1.54, 1.807) is 0 Å². The molecule has 23 heavy (non-hydrogen) atoms. The van der Waals surface area contributed by atoms with Gasteiger partial charge in [0.2, 0.25) is 0 Å². The van der Waals surface area contributed by atoms with E-state index in [2.05, 4.69) is 35.5 Å². The Kier molecular flexibility index (Phi) is 4.63. The standard InChI is InChI=1S/C19H24N4/c1-3-4-11-22(2)14-17-19(15-8-7-9-16(20)13-15)21-18-10-5-6-12-23(17)18/h5-10,12-13H,3-4,11,14,20H2,1-2H3. The molecular weight excluding hydrogens is 284 g/mol. The molecule has 2 N–H and O–H groups in total. The van der Waals surface area contributed by atoms with Crippen molar-refractivity contribution in [1.29, 1.82) is 0 Å². The van der Waals surface area contributed by atoms with E-state index in [-0.39, 0.29) is 0 Å². The van der Waals surface area contributed by atoms with Gasteiger partial charge in [-0.2, -0.15) is 0 Å². The summed E-state index contributed by atoms with van der Waals surface area (Å²) in [6.07, 6.45) is 4.50. The molecule has 0 saturated carbocycles. The lowest BCUT2D eigenvalue weighted by Gasteiger charge is -2.17. The van der Waals surface area contributed by atoms with Crippen LogP contribution in [-0.4, -0.2) is 27.9 Å². The van der Waals surface area contributed by atoms with E-state index >= 15 is 0 Å². The van der Waals surface area contributed by atoms with Crippen LogP contribution >= 0.6 is 0 Å². The molecule has 0 radical (unpaired) electrons. The van der Waals surface area contributed by atoms with E-state index in [9.17, 15) is 0 Å². The average Bonchev–Trinajstić information content (AvgIpc) is 2.92. The second kappa shape index (κ2) is 6.84. The molecule has 1 aromatic carbocycles. The van der Waals surface area contributed by atoms with Gasteiger partial charge in [0.05, 0.1) is 11.4 Å². The fraction of sp³-hybridized carbons (Fsp3) is 0.316. The number of unbranched alkanes of at least 4 members (excludes halogenated alkanes) is 1. The van der Waals surface area contributed by atoms with Crippen molar-refractivity contribution < 1.29 is 0 Å². The van der Waals surface area contributed by atoms with Gasteiger partial charge in [-0.15, -0.1) is 0 Å². The average molecular weight is 308 g/mol. The molecule has 0 unspecified atom stereocenters. The Morgan fingerprint density at radius 1 is 1.17 bits per heavy atom. The molecular formula is C19H24N4. The van der Waals surface area contributed by atoms with E-state index in [0.717, 1.165) is 35.7 Å². The third-order valence-corrected chi connectivity index (χ3v) is 4.10. The van der Waals surface area contributed by atoms with E-state index in [1.807, 2.05) is 36.4 Å². The van der Waals surface area contributed by atoms with Gasteiger partial charge < -0.3 is 15.0 Å². The number of nitrogens with zero attached hydrogens (tertiary/aromatic N) is 3. The molecule has 0 spiro atoms. The highest BCUT2D eigenvalue weighted by atomic mass is 15.1. The maximum atomic E-state index is 5.96. The summed E-state index contributed by atoms with van der Waals surface area (Å²) in [4.78, 5) is 7.20. The zero-order chi connectivity index (χ0) is 16.2. The molecule has 0 bridgehead atoms. The molecule has 0 saturated heterocycles. The number of nitrogen functional groups attached to an aromatic ring is 1. The number of benzene rings is 1. The summed E-state index contributed by atoms with van der Waals surface area (Å²) < 4.78 is 2.18. The fourth-order valence-corrected chi connectivity index (χ4v) is 2.88. The summed E-state index contributed by atoms with van der Waals surface area (Å²) in [5.41, 5.74) is 11.0. The van der Waals surface area contributed by atoms with Crippen LogP contribution in [-0.2, 0) is 6.54 Å². The number of hydrogen-bond acceptors (Lipinski definition) is 3. The Labute approximate surface area is 137 Å². The molecule has 0 fully saturated rings. The number of hydrogen-bond donors (Lipinski definition) is 1. The number of rotatable bonds is 6. The highest BCUT2D eigenvalue weighted by Gasteiger charge is 2.15. The number of fused-ring (bicyclic) bond motifs is 1. The number of anilines is 1. The van der Waals surface area contributed by atoms with Gasteiger partial charge in [0.1, 0.15) is 5.65 Å². The summed E-state index contributed by atoms with van der Waals surface area (Å²) >= 11 is 0. The molecule has 3 aromatic rings. The van der Waals surface area contributed by atoms with Crippen LogP contribution in [0.5, 0.6) is 0 Å². The molecule has 0 aliphatic carbocycles. The summed E-state index contributed by atoms with van der Waals surface area (Å²) in [5, 5.41) is 0. The van der Waals surface area contributed by atoms with Gasteiger partial charge in [-0.3, -0.25) is 0 Å². The van der Waals surface area contributed by atoms with Crippen molar-refractivity contribution in [2.75, 3.05) is 19.3 Å². The molecule has 0 aliphatic heterocycles. The number of imidazole rings is 1. The van der Waals surface area contributed by atoms with Crippen molar-refractivity contribution in [3.63, 3.8) is 0 Å². The Morgan fingerprint density at radius 2 is 2.04 bits per heavy atom. The van der Waals surface area contributed by atoms with Crippen LogP contribution in [0.1, 0.15) is 25.5 Å². The van der Waals surface area contributed by atoms with E-state index in [0.29, 0.717) is 0 Å². The Balaban J connectivity index is 2.04. The van der Waals surface area contributed by atoms with Crippen molar-refractivity contribution in [3.05, 3.63) is 54.4 Å². The Morgan fingerprint density at radius 3 is 2.83 bits per heavy atom. The minimum absolute atomic E-state index is 0.768. The van der Waals surface area contributed by atoms with Crippen LogP contribution in [0.15, 0.2) is 48.7 Å². The van der Waals surface area contributed by atoms with Gasteiger partial charge in [-0.1, -0.05) is 31.5 Å². The lowest BCUT2D eigenvalue weighted by atomic mass is 10.1. The fourth-order valence-electron chi connectivity index (χ4n) is 2.88. The maximum Gasteiger partial charge on any atom is 0.137 e. The van der Waals surface area contributed by atoms with Crippen molar-refractivity contribution >= 4 is 11.3 Å². The quantitative estimate of drug-likeness (QED) is 0.704. The molecule has 2 aromatic heterocycles. The van der Waals surface area contributed by atoms with Gasteiger partial charge in [-0.25, -0.2) is 4.98 Å². The van der Waals surface area contributed by atoms with E-state index in [4.69, 9.17) is 10.7 Å². The van der Waals surface area contributed by atoms with Crippen LogP contribution in [0.2, 0.25) is 0 Å². The summed E-state index contributed by atoms with van der Waals surface area (Å²) in [6, 6.07) is 14.1. The smallest absolute Gasteiger partial charge is 0.137 e. The Hall–Kier alpha value is -2.33. The van der Waals surface area contributed by atoms with Gasteiger partial charge in [0.25, 0.3) is 0 Å². The number of nitrogens with two attached hydrogens (primary N) is 1. The zero-order valence-corrected chi connectivity index (χ0v) is 13.9. The van der Waals surface area contributed by atoms with E-state index < -0.39 is 0 Å². The molecule has 4 heteroatoms. The summed E-state index contributed by atoms with van der Waals surface area (Å²) in [7, 11) is 2.17. The van der Waals surface area contributed by atoms with Crippen molar-refractivity contribution in [2.45, 2.75) is 26.3 Å². The van der Waals surface area contributed by atoms with Crippen molar-refractivity contribution in [2.24, 2.45) is 0 Å². The minimum atomic E-state index is 0.768. The first-order valence-electron chi connectivity index (χ1n) is 8.19. The SMILES string of the molecule is CCCCN(C)Cc1c(-c2cccc(N)c2)nc2ccccn12. The predicted octanol–water partition coefficient (Wildman–Crippen LogP) is 3.82. The molecule has 4 nitrogen and oxygen atoms in total. The van der Waals surface area contributed by atoms with E-state index in [1.165, 1.54) is 18.5 Å². The lowest BCUT2D eigenvalue weighted by Crippen LogP contribution is -2.20. The third kappa shape index (κ3) is 3.37. The number of pyridine rings is 1. The first-order valence-corrected chi connectivity index (χ1v) is 8.19. The first kappa shape index (κ1) is 15.6. The Bertz CT molecular complexity index is 791. The van der Waals surface area contributed by atoms with Crippen molar-refractivity contribution in [1.82, 2.24) is 14.3 Å². The summed E-state index contributed by atoms with van der Waals surface area (Å²) in [5.74, 6) is 0. The van der Waals surface area contributed by atoms with Crippen LogP contribution in [0.4, 0.5) is 5.69 Å². The maximum absolute atomic E-state index is 5.96. The van der Waals surface area contributed by atoms with Crippen molar-refractivity contribution in [3.8, 4) is 11.3 Å². The number of aromatic nitrogens is 2. The van der Waals surface area contributed by atoms with Crippen LogP contribution < -0.4 is 5.73 Å². The highest BCUT2D eigenvalue weighted by molar-refractivity contribution is 5.69. The molecule has 0 amide bonds. The lowest BCUT2D eigenvalue weighted by molar-refractivity contribution is 0.316. The normalized spacial score (nSPS) is 11.4. The first-order chi connectivity index (χ1) is 11.2. The molecule has 0 atom stereocenters. The van der Waals surface area contributed by atoms with Crippen LogP contribution in [0.25, 0.3) is 16.9 Å². The summed E-state index contributed by atoms with van der Waals surface area (Å²) in [6.45, 7) is 4.18.